The van der Waals surface area contributed by atoms with Crippen LogP contribution < -0.4 is 0 Å². The van der Waals surface area contributed by atoms with Crippen molar-refractivity contribution in [3.8, 4) is 11.8 Å². The number of halogens is 1. The maximum Gasteiger partial charge on any atom is 0.0784 e. The molecule has 68 valence electrons. The van der Waals surface area contributed by atoms with Crippen molar-refractivity contribution >= 4 is 27.3 Å². The third kappa shape index (κ3) is 2.44. The summed E-state index contributed by atoms with van der Waals surface area (Å²) < 4.78 is 1.10. The minimum atomic E-state index is 0.942. The monoisotopic (exact) mass is 263 g/mol. The highest BCUT2D eigenvalue weighted by Crippen LogP contribution is 2.20. The van der Waals surface area contributed by atoms with Gasteiger partial charge in [-0.05, 0) is 40.2 Å². The summed E-state index contributed by atoms with van der Waals surface area (Å²) in [6.45, 7) is 0. The van der Waals surface area contributed by atoms with E-state index in [4.69, 9.17) is 0 Å². The van der Waals surface area contributed by atoms with Gasteiger partial charge >= 0.3 is 0 Å². The quantitative estimate of drug-likeness (QED) is 0.665. The number of rotatable bonds is 0. The minimum Gasteiger partial charge on any atom is -0.263 e. The van der Waals surface area contributed by atoms with E-state index in [9.17, 15) is 0 Å². The van der Waals surface area contributed by atoms with E-state index in [1.165, 1.54) is 0 Å². The Kier molecular flexibility index (Phi) is 2.97. The van der Waals surface area contributed by atoms with Crippen molar-refractivity contribution in [3.05, 3.63) is 50.9 Å². The fraction of sp³-hybridized carbons (Fsp3) is 0. The normalized spacial score (nSPS) is 9.21. The van der Waals surface area contributed by atoms with Gasteiger partial charge in [-0.3, -0.25) is 4.98 Å². The van der Waals surface area contributed by atoms with Crippen LogP contribution in [0.4, 0.5) is 0 Å². The van der Waals surface area contributed by atoms with Gasteiger partial charge in [0, 0.05) is 18.0 Å². The summed E-state index contributed by atoms with van der Waals surface area (Å²) in [6, 6.07) is 7.83. The molecule has 0 unspecified atom stereocenters. The van der Waals surface area contributed by atoms with Crippen LogP contribution in [0.5, 0.6) is 0 Å². The second kappa shape index (κ2) is 4.41. The van der Waals surface area contributed by atoms with Gasteiger partial charge in [0.15, 0.2) is 0 Å². The summed E-state index contributed by atoms with van der Waals surface area (Å²) in [6.07, 6.45) is 3.50. The highest BCUT2D eigenvalue weighted by Gasteiger charge is 1.91. The lowest BCUT2D eigenvalue weighted by Gasteiger charge is -1.84. The molecule has 0 amide bonds. The summed E-state index contributed by atoms with van der Waals surface area (Å²) in [5.74, 6) is 6.13. The van der Waals surface area contributed by atoms with Gasteiger partial charge in [-0.25, -0.2) is 0 Å². The maximum absolute atomic E-state index is 3.99. The maximum atomic E-state index is 3.99. The second-order valence-corrected chi connectivity index (χ2v) is 5.06. The summed E-state index contributed by atoms with van der Waals surface area (Å²) in [5, 5.41) is 0. The van der Waals surface area contributed by atoms with Crippen molar-refractivity contribution in [1.29, 1.82) is 0 Å². The van der Waals surface area contributed by atoms with Gasteiger partial charge in [-0.2, -0.15) is 0 Å². The topological polar surface area (TPSA) is 12.9 Å². The predicted molar refractivity (Wildman–Crippen MR) is 62.2 cm³/mol. The van der Waals surface area contributed by atoms with Crippen LogP contribution in [0, 0.1) is 11.8 Å². The van der Waals surface area contributed by atoms with Crippen LogP contribution in [0.1, 0.15) is 10.4 Å². The first-order chi connectivity index (χ1) is 6.84. The van der Waals surface area contributed by atoms with E-state index in [0.717, 1.165) is 14.2 Å². The molecule has 14 heavy (non-hydrogen) atoms. The van der Waals surface area contributed by atoms with Crippen molar-refractivity contribution in [2.45, 2.75) is 0 Å². The van der Waals surface area contributed by atoms with Crippen LogP contribution >= 0.6 is 27.3 Å². The first-order valence-electron chi connectivity index (χ1n) is 4.02. The van der Waals surface area contributed by atoms with Gasteiger partial charge in [0.25, 0.3) is 0 Å². The number of hydrogen-bond donors (Lipinski definition) is 0. The fourth-order valence-electron chi connectivity index (χ4n) is 0.952. The third-order valence-electron chi connectivity index (χ3n) is 1.56. The molecule has 2 heterocycles. The molecule has 1 nitrogen and oxygen atoms in total. The van der Waals surface area contributed by atoms with Gasteiger partial charge in [0.05, 0.1) is 8.66 Å². The standard InChI is InChI=1S/C11H6BrNS/c12-11-6-5-10(14-11)4-3-9-2-1-7-13-8-9/h1-2,5-8H. The molecule has 0 fully saturated rings. The van der Waals surface area contributed by atoms with Crippen LogP contribution in [0.3, 0.4) is 0 Å². The summed E-state index contributed by atoms with van der Waals surface area (Å²) >= 11 is 5.03. The van der Waals surface area contributed by atoms with E-state index in [-0.39, 0.29) is 0 Å². The number of aromatic nitrogens is 1. The summed E-state index contributed by atoms with van der Waals surface area (Å²) in [5.41, 5.74) is 0.942. The zero-order valence-electron chi connectivity index (χ0n) is 7.20. The smallest absolute Gasteiger partial charge is 0.0784 e. The number of thiophene rings is 1. The first-order valence-corrected chi connectivity index (χ1v) is 5.63. The Bertz CT molecular complexity index is 479. The molecule has 2 rings (SSSR count). The average molecular weight is 264 g/mol. The Morgan fingerprint density at radius 3 is 2.79 bits per heavy atom. The molecule has 0 bridgehead atoms. The Morgan fingerprint density at radius 2 is 2.14 bits per heavy atom. The molecule has 0 aliphatic rings. The van der Waals surface area contributed by atoms with E-state index in [1.807, 2.05) is 24.3 Å². The molecule has 0 radical (unpaired) electrons. The molecule has 0 spiro atoms. The van der Waals surface area contributed by atoms with Gasteiger partial charge < -0.3 is 0 Å². The van der Waals surface area contributed by atoms with E-state index >= 15 is 0 Å². The molecular weight excluding hydrogens is 258 g/mol. The summed E-state index contributed by atoms with van der Waals surface area (Å²) in [4.78, 5) is 5.05. The Balaban J connectivity index is 2.23. The summed E-state index contributed by atoms with van der Waals surface area (Å²) in [7, 11) is 0. The van der Waals surface area contributed by atoms with E-state index in [1.54, 1.807) is 23.7 Å². The van der Waals surface area contributed by atoms with Gasteiger partial charge in [0.1, 0.15) is 0 Å². The minimum absolute atomic E-state index is 0.942. The van der Waals surface area contributed by atoms with Crippen LogP contribution in [-0.4, -0.2) is 4.98 Å². The molecular formula is C11H6BrNS. The molecule has 2 aromatic heterocycles. The molecule has 2 aromatic rings. The Morgan fingerprint density at radius 1 is 1.21 bits per heavy atom. The zero-order chi connectivity index (χ0) is 9.80. The van der Waals surface area contributed by atoms with Gasteiger partial charge in [-0.15, -0.1) is 11.3 Å². The van der Waals surface area contributed by atoms with Gasteiger partial charge in [-0.1, -0.05) is 11.8 Å². The van der Waals surface area contributed by atoms with Gasteiger partial charge in [0.2, 0.25) is 0 Å². The number of nitrogens with zero attached hydrogens (tertiary/aromatic N) is 1. The molecule has 0 aliphatic carbocycles. The SMILES string of the molecule is Brc1ccc(C#Cc2cccnc2)s1. The van der Waals surface area contributed by atoms with Crippen molar-refractivity contribution in [1.82, 2.24) is 4.98 Å². The van der Waals surface area contributed by atoms with Crippen molar-refractivity contribution in [2.75, 3.05) is 0 Å². The lowest BCUT2D eigenvalue weighted by molar-refractivity contribution is 1.31. The molecule has 0 atom stereocenters. The molecule has 0 saturated carbocycles. The van der Waals surface area contributed by atoms with Crippen molar-refractivity contribution in [3.63, 3.8) is 0 Å². The van der Waals surface area contributed by atoms with E-state index < -0.39 is 0 Å². The van der Waals surface area contributed by atoms with Crippen molar-refractivity contribution < 1.29 is 0 Å². The first kappa shape index (κ1) is 9.45. The average Bonchev–Trinajstić information content (AvgIpc) is 2.63. The molecule has 0 N–H and O–H groups in total. The Labute approximate surface area is 94.9 Å². The van der Waals surface area contributed by atoms with Crippen LogP contribution in [0.25, 0.3) is 0 Å². The van der Waals surface area contributed by atoms with Crippen LogP contribution in [0.2, 0.25) is 0 Å². The zero-order valence-corrected chi connectivity index (χ0v) is 9.60. The van der Waals surface area contributed by atoms with Crippen LogP contribution in [-0.2, 0) is 0 Å². The third-order valence-corrected chi connectivity index (χ3v) is 3.10. The molecule has 0 saturated heterocycles. The number of pyridine rings is 1. The van der Waals surface area contributed by atoms with Crippen LogP contribution in [0.15, 0.2) is 40.4 Å². The molecule has 0 aliphatic heterocycles. The van der Waals surface area contributed by atoms with Crippen molar-refractivity contribution in [2.24, 2.45) is 0 Å². The number of hydrogen-bond acceptors (Lipinski definition) is 2. The highest BCUT2D eigenvalue weighted by atomic mass is 79.9. The Hall–Kier alpha value is -1.11. The molecule has 0 aromatic carbocycles. The molecule has 3 heteroatoms. The van der Waals surface area contributed by atoms with E-state index in [0.29, 0.717) is 0 Å². The lowest BCUT2D eigenvalue weighted by Crippen LogP contribution is -1.74. The largest absolute Gasteiger partial charge is 0.263 e. The fourth-order valence-corrected chi connectivity index (χ4v) is 2.19. The second-order valence-electron chi connectivity index (χ2n) is 2.60. The predicted octanol–water partition coefficient (Wildman–Crippen LogP) is 3.31. The highest BCUT2D eigenvalue weighted by molar-refractivity contribution is 9.11. The lowest BCUT2D eigenvalue weighted by atomic mass is 10.3. The van der Waals surface area contributed by atoms with E-state index in [2.05, 4.69) is 32.8 Å².